The van der Waals surface area contributed by atoms with Gasteiger partial charge in [-0.2, -0.15) is 0 Å². The summed E-state index contributed by atoms with van der Waals surface area (Å²) >= 11 is 0. The second kappa shape index (κ2) is 5.59. The minimum atomic E-state index is -0.374. The van der Waals surface area contributed by atoms with Crippen LogP contribution in [0.15, 0.2) is 47.5 Å². The maximum absolute atomic E-state index is 12.6. The molecule has 0 N–H and O–H groups in total. The summed E-state index contributed by atoms with van der Waals surface area (Å²) in [6, 6.07) is 14.4. The van der Waals surface area contributed by atoms with Crippen LogP contribution < -0.4 is 4.90 Å². The zero-order valence-corrected chi connectivity index (χ0v) is 14.4. The summed E-state index contributed by atoms with van der Waals surface area (Å²) in [5.74, 6) is 0.717. The van der Waals surface area contributed by atoms with E-state index in [1.165, 1.54) is 24.0 Å². The number of carbonyl (C=O) groups is 1. The summed E-state index contributed by atoms with van der Waals surface area (Å²) in [7, 11) is 1.85. The maximum atomic E-state index is 12.6. The van der Waals surface area contributed by atoms with E-state index in [1.807, 2.05) is 26.1 Å². The van der Waals surface area contributed by atoms with Crippen LogP contribution in [0, 0.1) is 6.92 Å². The molecule has 1 fully saturated rings. The Balaban J connectivity index is 1.96. The molecular formula is C21H22N2O. The summed E-state index contributed by atoms with van der Waals surface area (Å²) in [5.41, 5.74) is 6.63. The summed E-state index contributed by atoms with van der Waals surface area (Å²) in [4.78, 5) is 19.2. The van der Waals surface area contributed by atoms with E-state index < -0.39 is 0 Å². The van der Waals surface area contributed by atoms with E-state index in [2.05, 4.69) is 37.3 Å². The molecule has 4 rings (SSSR count). The van der Waals surface area contributed by atoms with E-state index in [-0.39, 0.29) is 11.9 Å². The van der Waals surface area contributed by atoms with E-state index in [0.29, 0.717) is 5.92 Å². The molecule has 24 heavy (non-hydrogen) atoms. The fourth-order valence-corrected chi connectivity index (χ4v) is 3.48. The lowest BCUT2D eigenvalue weighted by Gasteiger charge is -2.20. The molecule has 0 spiro atoms. The molecule has 2 aromatic rings. The van der Waals surface area contributed by atoms with Crippen molar-refractivity contribution in [1.29, 1.82) is 0 Å². The Labute approximate surface area is 143 Å². The number of amides is 1. The highest BCUT2D eigenvalue weighted by molar-refractivity contribution is 6.20. The predicted octanol–water partition coefficient (Wildman–Crippen LogP) is 4.07. The Bertz CT molecular complexity index is 849. The third-order valence-corrected chi connectivity index (χ3v) is 5.10. The summed E-state index contributed by atoms with van der Waals surface area (Å²) in [6.45, 7) is 3.98. The first-order valence-corrected chi connectivity index (χ1v) is 8.62. The molecule has 1 saturated carbocycles. The number of anilines is 1. The smallest absolute Gasteiger partial charge is 0.251 e. The maximum Gasteiger partial charge on any atom is 0.251 e. The molecule has 1 amide bonds. The van der Waals surface area contributed by atoms with Crippen molar-refractivity contribution in [2.75, 3.05) is 11.9 Å². The van der Waals surface area contributed by atoms with Gasteiger partial charge in [0.1, 0.15) is 6.04 Å². The van der Waals surface area contributed by atoms with Gasteiger partial charge >= 0.3 is 0 Å². The van der Waals surface area contributed by atoms with Gasteiger partial charge < -0.3 is 4.90 Å². The number of benzodiazepines with no additional fused rings is 1. The van der Waals surface area contributed by atoms with Gasteiger partial charge in [-0.1, -0.05) is 30.3 Å². The topological polar surface area (TPSA) is 32.7 Å². The van der Waals surface area contributed by atoms with Crippen LogP contribution in [0.2, 0.25) is 0 Å². The molecule has 3 nitrogen and oxygen atoms in total. The number of carbonyl (C=O) groups excluding carboxylic acids is 1. The lowest BCUT2D eigenvalue weighted by molar-refractivity contribution is -0.119. The molecule has 1 aliphatic heterocycles. The van der Waals surface area contributed by atoms with Gasteiger partial charge in [0.15, 0.2) is 0 Å². The average molecular weight is 318 g/mol. The van der Waals surface area contributed by atoms with Crippen LogP contribution in [0.1, 0.15) is 47.9 Å². The standard InChI is InChI=1S/C21H22N2O/c1-13-6-4-5-7-17(13)20-18-12-16(15-8-9-15)10-11-19(18)23(3)21(24)14(2)22-20/h4-7,10-12,14-15H,8-9H2,1-3H3/t14-/m1/s1. The van der Waals surface area contributed by atoms with Crippen LogP contribution >= 0.6 is 0 Å². The molecule has 122 valence electrons. The average Bonchev–Trinajstić information content (AvgIpc) is 3.43. The molecule has 3 heteroatoms. The van der Waals surface area contributed by atoms with Crippen molar-refractivity contribution in [3.8, 4) is 0 Å². The third kappa shape index (κ3) is 2.44. The van der Waals surface area contributed by atoms with Gasteiger partial charge in [-0.15, -0.1) is 0 Å². The Morgan fingerprint density at radius 3 is 2.54 bits per heavy atom. The van der Waals surface area contributed by atoms with Crippen LogP contribution in [0.5, 0.6) is 0 Å². The van der Waals surface area contributed by atoms with Crippen molar-refractivity contribution in [1.82, 2.24) is 0 Å². The molecule has 0 bridgehead atoms. The lowest BCUT2D eigenvalue weighted by Crippen LogP contribution is -2.32. The van der Waals surface area contributed by atoms with Gasteiger partial charge in [0.2, 0.25) is 0 Å². The van der Waals surface area contributed by atoms with Gasteiger partial charge in [-0.05, 0) is 55.9 Å². The second-order valence-corrected chi connectivity index (χ2v) is 6.92. The first-order chi connectivity index (χ1) is 11.6. The molecule has 0 unspecified atom stereocenters. The van der Waals surface area contributed by atoms with Crippen molar-refractivity contribution in [2.45, 2.75) is 38.6 Å². The molecular weight excluding hydrogens is 296 g/mol. The zero-order valence-electron chi connectivity index (χ0n) is 14.4. The first kappa shape index (κ1) is 15.1. The lowest BCUT2D eigenvalue weighted by atomic mass is 9.94. The van der Waals surface area contributed by atoms with Gasteiger partial charge in [0.25, 0.3) is 5.91 Å². The third-order valence-electron chi connectivity index (χ3n) is 5.10. The van der Waals surface area contributed by atoms with Gasteiger partial charge in [0, 0.05) is 18.2 Å². The van der Waals surface area contributed by atoms with E-state index in [9.17, 15) is 4.79 Å². The van der Waals surface area contributed by atoms with Crippen molar-refractivity contribution in [2.24, 2.45) is 4.99 Å². The number of aliphatic imine (C=N–C) groups is 1. The van der Waals surface area contributed by atoms with Crippen molar-refractivity contribution in [3.05, 3.63) is 64.7 Å². The molecule has 0 radical (unpaired) electrons. The van der Waals surface area contributed by atoms with E-state index in [4.69, 9.17) is 4.99 Å². The monoisotopic (exact) mass is 318 g/mol. The number of benzene rings is 2. The highest BCUT2D eigenvalue weighted by Crippen LogP contribution is 2.42. The predicted molar refractivity (Wildman–Crippen MR) is 98.1 cm³/mol. The Hall–Kier alpha value is -2.42. The number of aryl methyl sites for hydroxylation is 1. The number of likely N-dealkylation sites (N-methyl/N-ethyl adjacent to an activating group) is 1. The number of hydrogen-bond donors (Lipinski definition) is 0. The van der Waals surface area contributed by atoms with Crippen molar-refractivity contribution in [3.63, 3.8) is 0 Å². The first-order valence-electron chi connectivity index (χ1n) is 8.62. The number of fused-ring (bicyclic) bond motifs is 1. The minimum absolute atomic E-state index is 0.0407. The fourth-order valence-electron chi connectivity index (χ4n) is 3.48. The summed E-state index contributed by atoms with van der Waals surface area (Å²) in [6.07, 6.45) is 2.53. The highest BCUT2D eigenvalue weighted by atomic mass is 16.2. The molecule has 1 aliphatic carbocycles. The Morgan fingerprint density at radius 1 is 1.08 bits per heavy atom. The van der Waals surface area contributed by atoms with E-state index in [1.54, 1.807) is 4.90 Å². The Morgan fingerprint density at radius 2 is 1.83 bits per heavy atom. The van der Waals surface area contributed by atoms with E-state index in [0.717, 1.165) is 22.5 Å². The molecule has 0 saturated heterocycles. The van der Waals surface area contributed by atoms with Crippen LogP contribution in [0.3, 0.4) is 0 Å². The van der Waals surface area contributed by atoms with Crippen LogP contribution in [0.4, 0.5) is 5.69 Å². The van der Waals surface area contributed by atoms with Crippen LogP contribution in [-0.4, -0.2) is 24.7 Å². The van der Waals surface area contributed by atoms with Crippen molar-refractivity contribution < 1.29 is 4.79 Å². The minimum Gasteiger partial charge on any atom is -0.313 e. The SMILES string of the molecule is Cc1ccccc1C1=N[C@H](C)C(=O)N(C)c2ccc(C3CC3)cc21. The largest absolute Gasteiger partial charge is 0.313 e. The number of hydrogen-bond acceptors (Lipinski definition) is 2. The van der Waals surface area contributed by atoms with Crippen LogP contribution in [-0.2, 0) is 4.79 Å². The quantitative estimate of drug-likeness (QED) is 0.821. The van der Waals surface area contributed by atoms with Crippen molar-refractivity contribution >= 4 is 17.3 Å². The fraction of sp³-hybridized carbons (Fsp3) is 0.333. The molecule has 0 aromatic heterocycles. The van der Waals surface area contributed by atoms with E-state index >= 15 is 0 Å². The second-order valence-electron chi connectivity index (χ2n) is 6.92. The Kier molecular flexibility index (Phi) is 3.52. The van der Waals surface area contributed by atoms with Gasteiger partial charge in [-0.3, -0.25) is 9.79 Å². The van der Waals surface area contributed by atoms with Gasteiger partial charge in [0.05, 0.1) is 11.4 Å². The molecule has 1 heterocycles. The zero-order chi connectivity index (χ0) is 16.8. The number of rotatable bonds is 2. The summed E-state index contributed by atoms with van der Waals surface area (Å²) < 4.78 is 0. The normalized spacial score (nSPS) is 20.5. The molecule has 1 atom stereocenters. The highest BCUT2D eigenvalue weighted by Gasteiger charge is 2.30. The molecule has 2 aliphatic rings. The van der Waals surface area contributed by atoms with Gasteiger partial charge in [-0.25, -0.2) is 0 Å². The summed E-state index contributed by atoms with van der Waals surface area (Å²) in [5, 5.41) is 0. The molecule has 2 aromatic carbocycles. The number of nitrogens with zero attached hydrogens (tertiary/aromatic N) is 2. The van der Waals surface area contributed by atoms with Crippen LogP contribution in [0.25, 0.3) is 0 Å².